The normalized spacial score (nSPS) is 8.33. The molecule has 2 rings (SSSR count). The van der Waals surface area contributed by atoms with Crippen LogP contribution < -0.4 is 5.56 Å². The molecule has 0 aliphatic heterocycles. The van der Waals surface area contributed by atoms with Crippen molar-refractivity contribution < 1.29 is 0 Å². The molecule has 0 bridgehead atoms. The highest BCUT2D eigenvalue weighted by molar-refractivity contribution is 4.89. The average molecular weight is 165 g/mol. The number of H-pyrrole nitrogens is 2. The van der Waals surface area contributed by atoms with Gasteiger partial charge in [0, 0.05) is 12.3 Å². The van der Waals surface area contributed by atoms with Gasteiger partial charge in [-0.15, -0.1) is 5.10 Å². The number of hydrogen-bond donors (Lipinski definition) is 2. The predicted molar refractivity (Wildman–Crippen MR) is 41.2 cm³/mol. The summed E-state index contributed by atoms with van der Waals surface area (Å²) < 4.78 is 0. The number of tetrazole rings is 1. The Balaban J connectivity index is 0.000000127. The van der Waals surface area contributed by atoms with E-state index >= 15 is 0 Å². The van der Waals surface area contributed by atoms with Crippen LogP contribution in [0.4, 0.5) is 0 Å². The molecule has 2 aromatic heterocycles. The SMILES string of the molecule is O=c1cccc[nH]1.c1nnn[nH]1. The fourth-order valence-corrected chi connectivity index (χ4v) is 0.506. The highest BCUT2D eigenvalue weighted by Gasteiger charge is 1.69. The first-order valence-electron chi connectivity index (χ1n) is 3.20. The predicted octanol–water partition coefficient (Wildman–Crippen LogP) is -0.425. The summed E-state index contributed by atoms with van der Waals surface area (Å²) >= 11 is 0. The molecule has 0 amide bonds. The molecule has 6 nitrogen and oxygen atoms in total. The van der Waals surface area contributed by atoms with Gasteiger partial charge in [0.25, 0.3) is 0 Å². The third-order valence-corrected chi connectivity index (χ3v) is 0.950. The van der Waals surface area contributed by atoms with Crippen LogP contribution in [0.1, 0.15) is 0 Å². The fourth-order valence-electron chi connectivity index (χ4n) is 0.506. The molecule has 12 heavy (non-hydrogen) atoms. The summed E-state index contributed by atoms with van der Waals surface area (Å²) in [6.45, 7) is 0. The zero-order valence-corrected chi connectivity index (χ0v) is 6.14. The van der Waals surface area contributed by atoms with E-state index in [0.29, 0.717) is 0 Å². The topological polar surface area (TPSA) is 87.3 Å². The maximum atomic E-state index is 10.2. The van der Waals surface area contributed by atoms with Crippen molar-refractivity contribution in [3.63, 3.8) is 0 Å². The van der Waals surface area contributed by atoms with E-state index in [4.69, 9.17) is 0 Å². The molecule has 0 aliphatic carbocycles. The van der Waals surface area contributed by atoms with Gasteiger partial charge >= 0.3 is 0 Å². The second kappa shape index (κ2) is 4.78. The van der Waals surface area contributed by atoms with Crippen molar-refractivity contribution in [1.29, 1.82) is 0 Å². The van der Waals surface area contributed by atoms with E-state index in [1.54, 1.807) is 18.3 Å². The maximum Gasteiger partial charge on any atom is 0.247 e. The molecule has 6 heteroatoms. The Kier molecular flexibility index (Phi) is 3.23. The number of aromatic amines is 2. The average Bonchev–Trinajstić information content (AvgIpc) is 2.62. The smallest absolute Gasteiger partial charge is 0.247 e. The van der Waals surface area contributed by atoms with Crippen LogP contribution in [0.2, 0.25) is 0 Å². The quantitative estimate of drug-likeness (QED) is 0.554. The Morgan fingerprint density at radius 1 is 1.33 bits per heavy atom. The number of pyridine rings is 1. The summed E-state index contributed by atoms with van der Waals surface area (Å²) in [6.07, 6.45) is 3.00. The number of hydrogen-bond acceptors (Lipinski definition) is 4. The number of rotatable bonds is 0. The molecular weight excluding hydrogens is 158 g/mol. The molecule has 0 aliphatic rings. The first-order valence-corrected chi connectivity index (χ1v) is 3.20. The van der Waals surface area contributed by atoms with Crippen molar-refractivity contribution in [2.24, 2.45) is 0 Å². The van der Waals surface area contributed by atoms with E-state index < -0.39 is 0 Å². The summed E-state index contributed by atoms with van der Waals surface area (Å²) in [5.41, 5.74) is -0.0532. The second-order valence-electron chi connectivity index (χ2n) is 1.79. The molecule has 2 aromatic rings. The summed E-state index contributed by atoms with van der Waals surface area (Å²) in [5, 5.41) is 12.1. The first kappa shape index (κ1) is 8.12. The monoisotopic (exact) mass is 165 g/mol. The van der Waals surface area contributed by atoms with Gasteiger partial charge in [0.2, 0.25) is 5.56 Å². The van der Waals surface area contributed by atoms with Crippen LogP contribution in [-0.2, 0) is 0 Å². The summed E-state index contributed by atoms with van der Waals surface area (Å²) in [5.74, 6) is 0. The van der Waals surface area contributed by atoms with Gasteiger partial charge in [-0.3, -0.25) is 4.79 Å². The van der Waals surface area contributed by atoms with Gasteiger partial charge in [0.15, 0.2) is 0 Å². The minimum Gasteiger partial charge on any atom is -0.329 e. The van der Waals surface area contributed by atoms with Gasteiger partial charge < -0.3 is 4.98 Å². The lowest BCUT2D eigenvalue weighted by molar-refractivity contribution is 0.881. The minimum atomic E-state index is -0.0532. The van der Waals surface area contributed by atoms with Crippen molar-refractivity contribution in [2.45, 2.75) is 0 Å². The molecule has 0 radical (unpaired) electrons. The van der Waals surface area contributed by atoms with Crippen molar-refractivity contribution in [3.05, 3.63) is 41.1 Å². The number of nitrogens with one attached hydrogen (secondary N) is 2. The van der Waals surface area contributed by atoms with Crippen molar-refractivity contribution in [3.8, 4) is 0 Å². The Bertz CT molecular complexity index is 306. The Morgan fingerprint density at radius 2 is 2.25 bits per heavy atom. The highest BCUT2D eigenvalue weighted by Crippen LogP contribution is 1.67. The minimum absolute atomic E-state index is 0.0532. The highest BCUT2D eigenvalue weighted by atomic mass is 16.1. The molecule has 0 unspecified atom stereocenters. The Morgan fingerprint density at radius 3 is 2.50 bits per heavy atom. The van der Waals surface area contributed by atoms with E-state index in [9.17, 15) is 4.79 Å². The maximum absolute atomic E-state index is 10.2. The van der Waals surface area contributed by atoms with Crippen LogP contribution in [0.3, 0.4) is 0 Å². The molecule has 0 saturated heterocycles. The second-order valence-corrected chi connectivity index (χ2v) is 1.79. The standard InChI is InChI=1S/C5H5NO.CH2N4/c7-5-3-1-2-4-6-5;1-2-4-5-3-1/h1-4H,(H,6,7);1H,(H,2,3,4,5). The number of aromatic nitrogens is 5. The van der Waals surface area contributed by atoms with Crippen LogP contribution in [0, 0.1) is 0 Å². The van der Waals surface area contributed by atoms with Gasteiger partial charge in [-0.1, -0.05) is 6.07 Å². The molecule has 2 heterocycles. The zero-order chi connectivity index (χ0) is 8.65. The van der Waals surface area contributed by atoms with Gasteiger partial charge in [0.1, 0.15) is 6.33 Å². The molecular formula is C6H7N5O. The largest absolute Gasteiger partial charge is 0.329 e. The van der Waals surface area contributed by atoms with Crippen LogP contribution in [0.15, 0.2) is 35.5 Å². The summed E-state index contributed by atoms with van der Waals surface area (Å²) in [7, 11) is 0. The first-order chi connectivity index (χ1) is 5.89. The van der Waals surface area contributed by atoms with Crippen molar-refractivity contribution >= 4 is 0 Å². The Hall–Kier alpha value is -1.98. The van der Waals surface area contributed by atoms with Crippen LogP contribution in [0.25, 0.3) is 0 Å². The third kappa shape index (κ3) is 3.25. The molecule has 2 N–H and O–H groups in total. The van der Waals surface area contributed by atoms with E-state index in [2.05, 4.69) is 25.6 Å². The van der Waals surface area contributed by atoms with E-state index in [0.717, 1.165) is 0 Å². The molecule has 0 spiro atoms. The van der Waals surface area contributed by atoms with Gasteiger partial charge in [-0.05, 0) is 16.5 Å². The van der Waals surface area contributed by atoms with Crippen LogP contribution in [0.5, 0.6) is 0 Å². The van der Waals surface area contributed by atoms with E-state index in [-0.39, 0.29) is 5.56 Å². The Labute approximate surface area is 67.6 Å². The molecule has 0 aromatic carbocycles. The zero-order valence-electron chi connectivity index (χ0n) is 6.14. The van der Waals surface area contributed by atoms with Crippen LogP contribution >= 0.6 is 0 Å². The summed E-state index contributed by atoms with van der Waals surface area (Å²) in [6, 6.07) is 4.93. The van der Waals surface area contributed by atoms with Gasteiger partial charge in [-0.2, -0.15) is 0 Å². The van der Waals surface area contributed by atoms with Crippen molar-refractivity contribution in [1.82, 2.24) is 25.6 Å². The van der Waals surface area contributed by atoms with Crippen LogP contribution in [-0.4, -0.2) is 25.6 Å². The number of nitrogens with zero attached hydrogens (tertiary/aromatic N) is 3. The van der Waals surface area contributed by atoms with Gasteiger partial charge in [-0.25, -0.2) is 5.10 Å². The molecule has 0 atom stereocenters. The van der Waals surface area contributed by atoms with E-state index in [1.165, 1.54) is 12.4 Å². The fraction of sp³-hybridized carbons (Fsp3) is 0. The lowest BCUT2D eigenvalue weighted by Crippen LogP contribution is -1.98. The van der Waals surface area contributed by atoms with E-state index in [1.807, 2.05) is 0 Å². The summed E-state index contributed by atoms with van der Waals surface area (Å²) in [4.78, 5) is 12.7. The lowest BCUT2D eigenvalue weighted by Gasteiger charge is -1.73. The molecule has 0 fully saturated rings. The van der Waals surface area contributed by atoms with Gasteiger partial charge in [0.05, 0.1) is 0 Å². The van der Waals surface area contributed by atoms with Crippen molar-refractivity contribution in [2.75, 3.05) is 0 Å². The lowest BCUT2D eigenvalue weighted by atomic mass is 10.5. The molecule has 62 valence electrons. The molecule has 0 saturated carbocycles. The third-order valence-electron chi connectivity index (χ3n) is 0.950.